The molecule has 5 rings (SSSR count). The van der Waals surface area contributed by atoms with Crippen molar-refractivity contribution in [2.24, 2.45) is 0 Å². The highest BCUT2D eigenvalue weighted by Crippen LogP contribution is 2.27. The van der Waals surface area contributed by atoms with Crippen LogP contribution in [-0.2, 0) is 0 Å². The lowest BCUT2D eigenvalue weighted by molar-refractivity contribution is 0.249. The number of H-pyrrole nitrogens is 1. The van der Waals surface area contributed by atoms with Gasteiger partial charge in [0.15, 0.2) is 0 Å². The quantitative estimate of drug-likeness (QED) is 0.377. The van der Waals surface area contributed by atoms with E-state index >= 15 is 0 Å². The van der Waals surface area contributed by atoms with E-state index in [4.69, 9.17) is 0 Å². The molecule has 0 aliphatic heterocycles. The summed E-state index contributed by atoms with van der Waals surface area (Å²) in [6.07, 6.45) is 4.91. The Morgan fingerprint density at radius 3 is 2.52 bits per heavy atom. The first-order valence-electron chi connectivity index (χ1n) is 10.2. The van der Waals surface area contributed by atoms with Crippen molar-refractivity contribution in [3.63, 3.8) is 0 Å². The third kappa shape index (κ3) is 4.26. The number of carbonyl (C=O) groups is 1. The molecule has 3 aromatic heterocycles. The van der Waals surface area contributed by atoms with E-state index in [-0.39, 0.29) is 11.9 Å². The van der Waals surface area contributed by atoms with Crippen molar-refractivity contribution in [3.05, 3.63) is 84.6 Å². The van der Waals surface area contributed by atoms with E-state index in [1.165, 1.54) is 16.9 Å². The second-order valence-corrected chi connectivity index (χ2v) is 7.42. The third-order valence-corrected chi connectivity index (χ3v) is 5.20. The highest BCUT2D eigenvalue weighted by Gasteiger charge is 2.13. The van der Waals surface area contributed by atoms with E-state index in [1.54, 1.807) is 36.8 Å². The number of urea groups is 1. The predicted molar refractivity (Wildman–Crippen MR) is 121 cm³/mol. The van der Waals surface area contributed by atoms with Crippen LogP contribution < -0.4 is 10.6 Å². The van der Waals surface area contributed by atoms with Gasteiger partial charge in [-0.3, -0.25) is 10.4 Å². The lowest BCUT2D eigenvalue weighted by atomic mass is 10.1. The first kappa shape index (κ1) is 20.3. The van der Waals surface area contributed by atoms with Crippen LogP contribution in [0.2, 0.25) is 0 Å². The van der Waals surface area contributed by atoms with Gasteiger partial charge in [0.1, 0.15) is 17.3 Å². The number of aromatic nitrogens is 6. The van der Waals surface area contributed by atoms with Gasteiger partial charge in [0.25, 0.3) is 0 Å². The van der Waals surface area contributed by atoms with Crippen LogP contribution in [0.4, 0.5) is 15.0 Å². The molecule has 9 nitrogen and oxygen atoms in total. The van der Waals surface area contributed by atoms with Crippen molar-refractivity contribution in [1.29, 1.82) is 0 Å². The highest BCUT2D eigenvalue weighted by atomic mass is 19.1. The van der Waals surface area contributed by atoms with Crippen molar-refractivity contribution in [3.8, 4) is 16.9 Å². The summed E-state index contributed by atoms with van der Waals surface area (Å²) in [5.41, 5.74) is 4.03. The van der Waals surface area contributed by atoms with Gasteiger partial charge in [0.05, 0.1) is 29.6 Å². The van der Waals surface area contributed by atoms with Gasteiger partial charge in [-0.05, 0) is 36.8 Å². The molecular weight excluding hydrogens is 423 g/mol. The van der Waals surface area contributed by atoms with Gasteiger partial charge in [-0.1, -0.05) is 24.3 Å². The summed E-state index contributed by atoms with van der Waals surface area (Å²) in [6, 6.07) is 14.7. The second kappa shape index (κ2) is 8.50. The van der Waals surface area contributed by atoms with Crippen LogP contribution in [0.5, 0.6) is 0 Å². The summed E-state index contributed by atoms with van der Waals surface area (Å²) >= 11 is 0. The molecule has 1 atom stereocenters. The van der Waals surface area contributed by atoms with E-state index in [9.17, 15) is 9.18 Å². The lowest BCUT2D eigenvalue weighted by Gasteiger charge is -2.14. The number of amides is 2. The molecule has 5 aromatic rings. The van der Waals surface area contributed by atoms with Gasteiger partial charge >= 0.3 is 6.03 Å². The molecule has 0 bridgehead atoms. The SMILES string of the molecule is CC(NC(=O)Nc1cc2[nH]nc(-c3ccc(-n4nccn4)cc3)c2cn1)c1ccc(F)cc1. The Hall–Kier alpha value is -4.60. The summed E-state index contributed by atoms with van der Waals surface area (Å²) in [7, 11) is 0. The molecule has 3 heterocycles. The number of nitrogens with zero attached hydrogens (tertiary/aromatic N) is 5. The summed E-state index contributed by atoms with van der Waals surface area (Å²) in [5.74, 6) is 0.0549. The van der Waals surface area contributed by atoms with Crippen molar-refractivity contribution in [2.45, 2.75) is 13.0 Å². The number of rotatable bonds is 5. The number of benzene rings is 2. The average molecular weight is 442 g/mol. The van der Waals surface area contributed by atoms with Gasteiger partial charge in [0.2, 0.25) is 0 Å². The van der Waals surface area contributed by atoms with Crippen LogP contribution in [0.15, 0.2) is 73.2 Å². The molecular formula is C23H19FN8O. The maximum Gasteiger partial charge on any atom is 0.320 e. The molecule has 10 heteroatoms. The van der Waals surface area contributed by atoms with Gasteiger partial charge in [-0.2, -0.15) is 20.1 Å². The van der Waals surface area contributed by atoms with Gasteiger partial charge in [-0.15, -0.1) is 0 Å². The van der Waals surface area contributed by atoms with E-state index in [2.05, 4.69) is 36.0 Å². The minimum absolute atomic E-state index is 0.298. The minimum atomic E-state index is -0.416. The fourth-order valence-corrected chi connectivity index (χ4v) is 3.49. The number of hydrogen-bond donors (Lipinski definition) is 3. The predicted octanol–water partition coefficient (Wildman–Crippen LogP) is 4.23. The van der Waals surface area contributed by atoms with Gasteiger partial charge < -0.3 is 5.32 Å². The minimum Gasteiger partial charge on any atom is -0.331 e. The molecule has 1 unspecified atom stereocenters. The number of halogens is 1. The molecule has 0 spiro atoms. The average Bonchev–Trinajstić information content (AvgIpc) is 3.50. The zero-order chi connectivity index (χ0) is 22.8. The Bertz CT molecular complexity index is 1400. The standard InChI is InChI=1S/C23H19FN8O/c1-14(15-2-6-17(24)7-3-15)28-23(33)29-21-12-20-19(13-25-21)22(31-30-20)16-4-8-18(9-5-16)32-26-10-11-27-32/h2-14H,1H3,(H,30,31)(H2,25,28,29,33). The number of carbonyl (C=O) groups excluding carboxylic acids is 1. The third-order valence-electron chi connectivity index (χ3n) is 5.20. The first-order chi connectivity index (χ1) is 16.1. The Labute approximate surface area is 187 Å². The number of hydrogen-bond acceptors (Lipinski definition) is 5. The summed E-state index contributed by atoms with van der Waals surface area (Å²) < 4.78 is 13.1. The number of aromatic amines is 1. The van der Waals surface area contributed by atoms with E-state index < -0.39 is 6.03 Å². The van der Waals surface area contributed by atoms with Crippen LogP contribution in [0.1, 0.15) is 18.5 Å². The number of anilines is 1. The molecule has 0 radical (unpaired) electrons. The number of fused-ring (bicyclic) bond motifs is 1. The van der Waals surface area contributed by atoms with Crippen LogP contribution in [-0.4, -0.2) is 36.2 Å². The highest BCUT2D eigenvalue weighted by molar-refractivity contribution is 5.95. The molecule has 0 fully saturated rings. The summed E-state index contributed by atoms with van der Waals surface area (Å²) in [5, 5.41) is 22.0. The summed E-state index contributed by atoms with van der Waals surface area (Å²) in [4.78, 5) is 18.3. The van der Waals surface area contributed by atoms with Gasteiger partial charge in [-0.25, -0.2) is 14.2 Å². The fourth-order valence-electron chi connectivity index (χ4n) is 3.49. The zero-order valence-corrected chi connectivity index (χ0v) is 17.5. The Balaban J connectivity index is 1.29. The molecule has 3 N–H and O–H groups in total. The van der Waals surface area contributed by atoms with E-state index in [0.29, 0.717) is 5.82 Å². The van der Waals surface area contributed by atoms with Crippen molar-refractivity contribution >= 4 is 22.8 Å². The maximum absolute atomic E-state index is 13.1. The fraction of sp³-hybridized carbons (Fsp3) is 0.0870. The molecule has 2 amide bonds. The Morgan fingerprint density at radius 1 is 1.06 bits per heavy atom. The molecule has 164 valence electrons. The molecule has 2 aromatic carbocycles. The normalized spacial score (nSPS) is 11.9. The van der Waals surface area contributed by atoms with E-state index in [0.717, 1.165) is 33.4 Å². The molecule has 33 heavy (non-hydrogen) atoms. The second-order valence-electron chi connectivity index (χ2n) is 7.42. The molecule has 0 saturated carbocycles. The lowest BCUT2D eigenvalue weighted by Crippen LogP contribution is -2.31. The molecule has 0 aliphatic carbocycles. The van der Waals surface area contributed by atoms with Gasteiger partial charge in [0, 0.05) is 23.2 Å². The van der Waals surface area contributed by atoms with Crippen molar-refractivity contribution < 1.29 is 9.18 Å². The monoisotopic (exact) mass is 442 g/mol. The maximum atomic E-state index is 13.1. The number of nitrogens with one attached hydrogen (secondary N) is 3. The van der Waals surface area contributed by atoms with E-state index in [1.807, 2.05) is 31.2 Å². The smallest absolute Gasteiger partial charge is 0.320 e. The first-order valence-corrected chi connectivity index (χ1v) is 10.2. The molecule has 0 aliphatic rings. The van der Waals surface area contributed by atoms with Crippen LogP contribution in [0.3, 0.4) is 0 Å². The largest absolute Gasteiger partial charge is 0.331 e. The Morgan fingerprint density at radius 2 is 1.79 bits per heavy atom. The van der Waals surface area contributed by atoms with Crippen LogP contribution >= 0.6 is 0 Å². The van der Waals surface area contributed by atoms with Crippen LogP contribution in [0, 0.1) is 5.82 Å². The molecule has 0 saturated heterocycles. The van der Waals surface area contributed by atoms with Crippen molar-refractivity contribution in [2.75, 3.05) is 5.32 Å². The van der Waals surface area contributed by atoms with Crippen molar-refractivity contribution in [1.82, 2.24) is 35.5 Å². The zero-order valence-electron chi connectivity index (χ0n) is 17.5. The van der Waals surface area contributed by atoms with Crippen LogP contribution in [0.25, 0.3) is 27.8 Å². The number of pyridine rings is 1. The summed E-state index contributed by atoms with van der Waals surface area (Å²) in [6.45, 7) is 1.82. The topological polar surface area (TPSA) is 113 Å². The Kier molecular flexibility index (Phi) is 5.23.